The second kappa shape index (κ2) is 18.0. The summed E-state index contributed by atoms with van der Waals surface area (Å²) in [6.07, 6.45) is 3.23. The lowest BCUT2D eigenvalue weighted by atomic mass is 9.96. The Morgan fingerprint density at radius 3 is 1.95 bits per heavy atom. The van der Waals surface area contributed by atoms with Crippen molar-refractivity contribution in [2.24, 2.45) is 17.6 Å². The van der Waals surface area contributed by atoms with Crippen molar-refractivity contribution < 1.29 is 33.5 Å². The van der Waals surface area contributed by atoms with E-state index in [-0.39, 0.29) is 30.9 Å². The molecule has 1 fully saturated rings. The van der Waals surface area contributed by atoms with Crippen LogP contribution in [0.5, 0.6) is 0 Å². The minimum atomic E-state index is -1.08. The van der Waals surface area contributed by atoms with Gasteiger partial charge < -0.3 is 37.1 Å². The number of ether oxygens (including phenoxy) is 1. The largest absolute Gasteiger partial charge is 0.461 e. The Bertz CT molecular complexity index is 1140. The average molecular weight is 617 g/mol. The van der Waals surface area contributed by atoms with Crippen LogP contribution in [-0.4, -0.2) is 78.9 Å². The minimum Gasteiger partial charge on any atom is -0.461 e. The van der Waals surface area contributed by atoms with Gasteiger partial charge in [0, 0.05) is 6.42 Å². The number of carbonyl (C=O) groups is 6. The van der Waals surface area contributed by atoms with Crippen molar-refractivity contribution >= 4 is 35.5 Å². The Kier molecular flexibility index (Phi) is 14.8. The molecular formula is C31H48N6O7. The summed E-state index contributed by atoms with van der Waals surface area (Å²) in [6.45, 7) is 7.89. The van der Waals surface area contributed by atoms with E-state index in [1.165, 1.54) is 6.92 Å². The van der Waals surface area contributed by atoms with Gasteiger partial charge in [-0.25, -0.2) is 0 Å². The maximum absolute atomic E-state index is 13.4. The van der Waals surface area contributed by atoms with Crippen molar-refractivity contribution in [3.63, 3.8) is 0 Å². The number of carbonyl (C=O) groups excluding carboxylic acids is 6. The summed E-state index contributed by atoms with van der Waals surface area (Å²) < 4.78 is 5.26. The Morgan fingerprint density at radius 1 is 0.818 bits per heavy atom. The number of benzene rings is 1. The quantitative estimate of drug-likeness (QED) is 0.132. The van der Waals surface area contributed by atoms with E-state index >= 15 is 0 Å². The summed E-state index contributed by atoms with van der Waals surface area (Å²) in [6, 6.07) is 5.23. The maximum atomic E-state index is 13.4. The van der Waals surface area contributed by atoms with Gasteiger partial charge in [0.25, 0.3) is 0 Å². The SMILES string of the molecule is CCC(C)C(NC(=O)C(C)N)C(=O)NCC(=O)NC(Cc1ccccc1)C(=O)NC(C(=O)NCC(=O)OC1CCC1)C(C)C. The van der Waals surface area contributed by atoms with Gasteiger partial charge in [-0.05, 0) is 43.6 Å². The van der Waals surface area contributed by atoms with Crippen LogP contribution in [0.25, 0.3) is 0 Å². The van der Waals surface area contributed by atoms with E-state index in [4.69, 9.17) is 10.5 Å². The van der Waals surface area contributed by atoms with Gasteiger partial charge in [-0.3, -0.25) is 28.8 Å². The van der Waals surface area contributed by atoms with E-state index < -0.39 is 66.2 Å². The van der Waals surface area contributed by atoms with Crippen LogP contribution in [0.2, 0.25) is 0 Å². The Balaban J connectivity index is 2.06. The number of amides is 5. The van der Waals surface area contributed by atoms with Crippen LogP contribution < -0.4 is 32.3 Å². The molecule has 13 nitrogen and oxygen atoms in total. The molecule has 5 atom stereocenters. The van der Waals surface area contributed by atoms with Crippen LogP contribution in [0.1, 0.15) is 65.9 Å². The Morgan fingerprint density at radius 2 is 1.41 bits per heavy atom. The lowest BCUT2D eigenvalue weighted by Crippen LogP contribution is -2.58. The van der Waals surface area contributed by atoms with Crippen LogP contribution in [0.3, 0.4) is 0 Å². The molecule has 44 heavy (non-hydrogen) atoms. The molecule has 1 aromatic carbocycles. The molecule has 1 saturated carbocycles. The highest BCUT2D eigenvalue weighted by Crippen LogP contribution is 2.21. The molecule has 5 amide bonds. The molecule has 0 radical (unpaired) electrons. The van der Waals surface area contributed by atoms with E-state index in [0.717, 1.165) is 24.8 Å². The average Bonchev–Trinajstić information content (AvgIpc) is 2.97. The molecule has 5 unspecified atom stereocenters. The number of hydrogen-bond acceptors (Lipinski definition) is 8. The molecule has 2 rings (SSSR count). The summed E-state index contributed by atoms with van der Waals surface area (Å²) >= 11 is 0. The first kappa shape index (κ1) is 36.2. The van der Waals surface area contributed by atoms with Gasteiger partial charge in [-0.1, -0.05) is 64.4 Å². The third kappa shape index (κ3) is 11.9. The monoisotopic (exact) mass is 616 g/mol. The second-order valence-electron chi connectivity index (χ2n) is 11.7. The van der Waals surface area contributed by atoms with E-state index in [1.54, 1.807) is 45.0 Å². The molecule has 7 N–H and O–H groups in total. The van der Waals surface area contributed by atoms with Crippen molar-refractivity contribution in [1.29, 1.82) is 0 Å². The summed E-state index contributed by atoms with van der Waals surface area (Å²) in [5.41, 5.74) is 6.39. The normalized spacial score (nSPS) is 16.2. The van der Waals surface area contributed by atoms with E-state index in [9.17, 15) is 28.8 Å². The summed E-state index contributed by atoms with van der Waals surface area (Å²) in [7, 11) is 0. The fraction of sp³-hybridized carbons (Fsp3) is 0.613. The van der Waals surface area contributed by atoms with Crippen molar-refractivity contribution in [1.82, 2.24) is 26.6 Å². The van der Waals surface area contributed by atoms with Gasteiger partial charge in [0.2, 0.25) is 29.5 Å². The van der Waals surface area contributed by atoms with Crippen LogP contribution >= 0.6 is 0 Å². The standard InChI is InChI=1S/C31H48N6O7/c1-6-19(4)27(37-28(40)20(5)32)31(43)33-16-24(38)35-23(15-21-11-8-7-9-12-21)29(41)36-26(18(2)3)30(42)34-17-25(39)44-22-13-10-14-22/h7-9,11-12,18-20,22-23,26-27H,6,10,13-17,32H2,1-5H3,(H,33,43)(H,34,42)(H,35,38)(H,36,41)(H,37,40). The van der Waals surface area contributed by atoms with E-state index in [1.807, 2.05) is 13.0 Å². The molecule has 244 valence electrons. The first-order valence-corrected chi connectivity index (χ1v) is 15.3. The number of nitrogens with two attached hydrogens (primary N) is 1. The zero-order chi connectivity index (χ0) is 32.8. The molecule has 0 bridgehead atoms. The zero-order valence-corrected chi connectivity index (χ0v) is 26.3. The molecule has 13 heteroatoms. The van der Waals surface area contributed by atoms with Gasteiger partial charge in [-0.2, -0.15) is 0 Å². The lowest BCUT2D eigenvalue weighted by molar-refractivity contribution is -0.152. The van der Waals surface area contributed by atoms with Crippen molar-refractivity contribution in [3.05, 3.63) is 35.9 Å². The highest BCUT2D eigenvalue weighted by Gasteiger charge is 2.31. The maximum Gasteiger partial charge on any atom is 0.325 e. The van der Waals surface area contributed by atoms with Crippen molar-refractivity contribution in [2.45, 2.75) is 97.0 Å². The number of nitrogens with one attached hydrogen (secondary N) is 5. The molecule has 0 aliphatic heterocycles. The summed E-state index contributed by atoms with van der Waals surface area (Å²) in [5, 5.41) is 13.0. The molecule has 1 aromatic rings. The second-order valence-corrected chi connectivity index (χ2v) is 11.7. The highest BCUT2D eigenvalue weighted by molar-refractivity contribution is 5.95. The van der Waals surface area contributed by atoms with Gasteiger partial charge in [0.15, 0.2) is 0 Å². The lowest BCUT2D eigenvalue weighted by Gasteiger charge is -2.27. The molecule has 0 aromatic heterocycles. The van der Waals surface area contributed by atoms with E-state index in [0.29, 0.717) is 6.42 Å². The predicted molar refractivity (Wildman–Crippen MR) is 164 cm³/mol. The third-order valence-electron chi connectivity index (χ3n) is 7.57. The zero-order valence-electron chi connectivity index (χ0n) is 26.3. The number of esters is 1. The molecule has 0 saturated heterocycles. The van der Waals surface area contributed by atoms with Crippen LogP contribution in [0.15, 0.2) is 30.3 Å². The van der Waals surface area contributed by atoms with Gasteiger partial charge >= 0.3 is 5.97 Å². The van der Waals surface area contributed by atoms with Gasteiger partial charge in [0.1, 0.15) is 30.8 Å². The smallest absolute Gasteiger partial charge is 0.325 e. The van der Waals surface area contributed by atoms with Crippen LogP contribution in [0, 0.1) is 11.8 Å². The molecular weight excluding hydrogens is 568 g/mol. The topological polar surface area (TPSA) is 198 Å². The molecule has 0 heterocycles. The summed E-state index contributed by atoms with van der Waals surface area (Å²) in [5.74, 6) is -3.95. The minimum absolute atomic E-state index is 0.110. The van der Waals surface area contributed by atoms with Gasteiger partial charge in [-0.15, -0.1) is 0 Å². The van der Waals surface area contributed by atoms with Crippen molar-refractivity contribution in [3.8, 4) is 0 Å². The van der Waals surface area contributed by atoms with E-state index in [2.05, 4.69) is 26.6 Å². The number of hydrogen-bond donors (Lipinski definition) is 6. The molecule has 1 aliphatic rings. The summed E-state index contributed by atoms with van der Waals surface area (Å²) in [4.78, 5) is 76.4. The fourth-order valence-corrected chi connectivity index (χ4v) is 4.34. The first-order chi connectivity index (χ1) is 20.8. The number of rotatable bonds is 17. The first-order valence-electron chi connectivity index (χ1n) is 15.3. The van der Waals surface area contributed by atoms with Crippen LogP contribution in [0.4, 0.5) is 0 Å². The predicted octanol–water partition coefficient (Wildman–Crippen LogP) is 0.0609. The third-order valence-corrected chi connectivity index (χ3v) is 7.57. The Labute approximate surface area is 259 Å². The van der Waals surface area contributed by atoms with Gasteiger partial charge in [0.05, 0.1) is 12.6 Å². The molecule has 1 aliphatic carbocycles. The fourth-order valence-electron chi connectivity index (χ4n) is 4.34. The highest BCUT2D eigenvalue weighted by atomic mass is 16.5. The van der Waals surface area contributed by atoms with Crippen LogP contribution in [-0.2, 0) is 39.9 Å². The Hall–Kier alpha value is -4.00. The molecule has 0 spiro atoms. The van der Waals surface area contributed by atoms with Crippen molar-refractivity contribution in [2.75, 3.05) is 13.1 Å².